The van der Waals surface area contributed by atoms with Crippen LogP contribution in [0.15, 0.2) is 24.3 Å². The Morgan fingerprint density at radius 1 is 1.33 bits per heavy atom. The van der Waals surface area contributed by atoms with E-state index in [0.29, 0.717) is 24.6 Å². The molecule has 114 valence electrons. The van der Waals surface area contributed by atoms with Gasteiger partial charge in [-0.3, -0.25) is 4.79 Å². The zero-order valence-electron chi connectivity index (χ0n) is 12.4. The van der Waals surface area contributed by atoms with Gasteiger partial charge in [0.25, 0.3) is 5.91 Å². The molecule has 1 N–H and O–H groups in total. The minimum atomic E-state index is -0.618. The molecule has 0 saturated carbocycles. The van der Waals surface area contributed by atoms with Gasteiger partial charge in [0.05, 0.1) is 6.10 Å². The molecular formula is C16H21NO4. The van der Waals surface area contributed by atoms with Crippen molar-refractivity contribution >= 4 is 5.91 Å². The maximum atomic E-state index is 12.6. The summed E-state index contributed by atoms with van der Waals surface area (Å²) in [6.45, 7) is 4.88. The van der Waals surface area contributed by atoms with Crippen molar-refractivity contribution in [3.8, 4) is 11.5 Å². The van der Waals surface area contributed by atoms with Gasteiger partial charge in [0.2, 0.25) is 6.10 Å². The maximum Gasteiger partial charge on any atom is 0.267 e. The summed E-state index contributed by atoms with van der Waals surface area (Å²) >= 11 is 0. The van der Waals surface area contributed by atoms with E-state index in [1.165, 1.54) is 0 Å². The quantitative estimate of drug-likeness (QED) is 0.896. The van der Waals surface area contributed by atoms with Crippen molar-refractivity contribution < 1.29 is 19.4 Å². The van der Waals surface area contributed by atoms with Crippen LogP contribution in [-0.4, -0.2) is 47.3 Å². The van der Waals surface area contributed by atoms with Gasteiger partial charge in [-0.15, -0.1) is 0 Å². The standard InChI is InChI=1S/C16H21NO4/c1-10(18)12-7-8-17(9-12)16(19)15-11(2)20-13-5-3-4-6-14(13)21-15/h3-6,10-12,15,18H,7-9H2,1-2H3. The fraction of sp³-hybridized carbons (Fsp3) is 0.562. The first-order valence-electron chi connectivity index (χ1n) is 7.45. The molecule has 1 aromatic rings. The van der Waals surface area contributed by atoms with E-state index in [1.54, 1.807) is 11.8 Å². The zero-order valence-corrected chi connectivity index (χ0v) is 12.4. The second kappa shape index (κ2) is 5.56. The number of rotatable bonds is 2. The summed E-state index contributed by atoms with van der Waals surface area (Å²) in [4.78, 5) is 14.4. The fourth-order valence-corrected chi connectivity index (χ4v) is 2.95. The molecule has 5 heteroatoms. The summed E-state index contributed by atoms with van der Waals surface area (Å²) in [7, 11) is 0. The van der Waals surface area contributed by atoms with Crippen LogP contribution in [0.4, 0.5) is 0 Å². The molecule has 1 amide bonds. The van der Waals surface area contributed by atoms with Crippen LogP contribution in [0.2, 0.25) is 0 Å². The summed E-state index contributed by atoms with van der Waals surface area (Å²) in [5, 5.41) is 9.65. The SMILES string of the molecule is CC(O)C1CCN(C(=O)C2Oc3ccccc3OC2C)C1. The van der Waals surface area contributed by atoms with E-state index in [4.69, 9.17) is 9.47 Å². The Morgan fingerprint density at radius 2 is 2.00 bits per heavy atom. The summed E-state index contributed by atoms with van der Waals surface area (Å²) in [6, 6.07) is 7.39. The number of carbonyl (C=O) groups is 1. The number of amides is 1. The smallest absolute Gasteiger partial charge is 0.267 e. The first-order chi connectivity index (χ1) is 10.1. The first-order valence-corrected chi connectivity index (χ1v) is 7.45. The monoisotopic (exact) mass is 291 g/mol. The largest absolute Gasteiger partial charge is 0.482 e. The van der Waals surface area contributed by atoms with Crippen LogP contribution in [0.3, 0.4) is 0 Å². The van der Waals surface area contributed by atoms with Crippen LogP contribution in [0.1, 0.15) is 20.3 Å². The van der Waals surface area contributed by atoms with Crippen molar-refractivity contribution in [3.63, 3.8) is 0 Å². The molecule has 3 rings (SSSR count). The molecule has 4 atom stereocenters. The Balaban J connectivity index is 1.71. The number of aliphatic hydroxyl groups excluding tert-OH is 1. The number of aliphatic hydroxyl groups is 1. The molecule has 1 aromatic carbocycles. The third-order valence-corrected chi connectivity index (χ3v) is 4.30. The molecule has 2 aliphatic rings. The number of hydrogen-bond acceptors (Lipinski definition) is 4. The summed E-state index contributed by atoms with van der Waals surface area (Å²) in [5.74, 6) is 1.39. The minimum absolute atomic E-state index is 0.0554. The van der Waals surface area contributed by atoms with E-state index < -0.39 is 6.10 Å². The van der Waals surface area contributed by atoms with Crippen molar-refractivity contribution in [2.75, 3.05) is 13.1 Å². The van der Waals surface area contributed by atoms with Crippen molar-refractivity contribution in [2.24, 2.45) is 5.92 Å². The number of likely N-dealkylation sites (tertiary alicyclic amines) is 1. The highest BCUT2D eigenvalue weighted by atomic mass is 16.6. The van der Waals surface area contributed by atoms with E-state index >= 15 is 0 Å². The highest BCUT2D eigenvalue weighted by Crippen LogP contribution is 2.34. The number of para-hydroxylation sites is 2. The van der Waals surface area contributed by atoms with Gasteiger partial charge in [-0.05, 0) is 32.4 Å². The topological polar surface area (TPSA) is 59.0 Å². The average Bonchev–Trinajstić information content (AvgIpc) is 2.96. The second-order valence-corrected chi connectivity index (χ2v) is 5.88. The maximum absolute atomic E-state index is 12.6. The molecule has 21 heavy (non-hydrogen) atoms. The molecular weight excluding hydrogens is 270 g/mol. The number of nitrogens with zero attached hydrogens (tertiary/aromatic N) is 1. The van der Waals surface area contributed by atoms with E-state index in [-0.39, 0.29) is 24.0 Å². The minimum Gasteiger partial charge on any atom is -0.482 e. The molecule has 2 aliphatic heterocycles. The van der Waals surface area contributed by atoms with Crippen LogP contribution in [0, 0.1) is 5.92 Å². The molecule has 5 nitrogen and oxygen atoms in total. The highest BCUT2D eigenvalue weighted by molar-refractivity contribution is 5.82. The lowest BCUT2D eigenvalue weighted by Crippen LogP contribution is -2.50. The van der Waals surface area contributed by atoms with Crippen molar-refractivity contribution in [1.82, 2.24) is 4.90 Å². The van der Waals surface area contributed by atoms with Gasteiger partial charge in [0.1, 0.15) is 6.10 Å². The Morgan fingerprint density at radius 3 is 2.62 bits per heavy atom. The van der Waals surface area contributed by atoms with Gasteiger partial charge in [-0.25, -0.2) is 0 Å². The van der Waals surface area contributed by atoms with Crippen LogP contribution < -0.4 is 9.47 Å². The van der Waals surface area contributed by atoms with E-state index in [2.05, 4.69) is 0 Å². The van der Waals surface area contributed by atoms with E-state index in [9.17, 15) is 9.90 Å². The van der Waals surface area contributed by atoms with Crippen LogP contribution in [-0.2, 0) is 4.79 Å². The van der Waals surface area contributed by atoms with E-state index in [1.807, 2.05) is 31.2 Å². The Hall–Kier alpha value is -1.75. The van der Waals surface area contributed by atoms with Crippen LogP contribution in [0.25, 0.3) is 0 Å². The predicted octanol–water partition coefficient (Wildman–Crippen LogP) is 1.44. The lowest BCUT2D eigenvalue weighted by Gasteiger charge is -2.33. The number of fused-ring (bicyclic) bond motifs is 1. The molecule has 0 aromatic heterocycles. The van der Waals surface area contributed by atoms with Gasteiger partial charge in [0, 0.05) is 19.0 Å². The molecule has 1 fully saturated rings. The Labute approximate surface area is 124 Å². The van der Waals surface area contributed by atoms with E-state index in [0.717, 1.165) is 6.42 Å². The number of hydrogen-bond donors (Lipinski definition) is 1. The number of carbonyl (C=O) groups excluding carboxylic acids is 1. The lowest BCUT2D eigenvalue weighted by atomic mass is 10.0. The normalized spacial score (nSPS) is 29.3. The van der Waals surface area contributed by atoms with Gasteiger partial charge >= 0.3 is 0 Å². The second-order valence-electron chi connectivity index (χ2n) is 5.88. The third-order valence-electron chi connectivity index (χ3n) is 4.30. The zero-order chi connectivity index (χ0) is 15.0. The molecule has 0 spiro atoms. The Bertz CT molecular complexity index is 531. The molecule has 0 aliphatic carbocycles. The highest BCUT2D eigenvalue weighted by Gasteiger charge is 2.39. The molecule has 2 heterocycles. The van der Waals surface area contributed by atoms with Crippen LogP contribution >= 0.6 is 0 Å². The summed E-state index contributed by atoms with van der Waals surface area (Å²) < 4.78 is 11.6. The van der Waals surface area contributed by atoms with Crippen molar-refractivity contribution in [1.29, 1.82) is 0 Å². The number of benzene rings is 1. The average molecular weight is 291 g/mol. The van der Waals surface area contributed by atoms with Crippen LogP contribution in [0.5, 0.6) is 11.5 Å². The van der Waals surface area contributed by atoms with Crippen molar-refractivity contribution in [3.05, 3.63) is 24.3 Å². The first kappa shape index (κ1) is 14.2. The van der Waals surface area contributed by atoms with Gasteiger partial charge in [-0.2, -0.15) is 0 Å². The number of ether oxygens (including phenoxy) is 2. The third kappa shape index (κ3) is 2.70. The molecule has 0 bridgehead atoms. The predicted molar refractivity (Wildman–Crippen MR) is 77.3 cm³/mol. The van der Waals surface area contributed by atoms with Gasteiger partial charge in [0.15, 0.2) is 11.5 Å². The fourth-order valence-electron chi connectivity index (χ4n) is 2.95. The molecule has 1 saturated heterocycles. The van der Waals surface area contributed by atoms with Gasteiger partial charge in [-0.1, -0.05) is 12.1 Å². The lowest BCUT2D eigenvalue weighted by molar-refractivity contribution is -0.143. The molecule has 4 unspecified atom stereocenters. The van der Waals surface area contributed by atoms with Crippen molar-refractivity contribution in [2.45, 2.75) is 38.6 Å². The Kier molecular flexibility index (Phi) is 3.76. The summed E-state index contributed by atoms with van der Waals surface area (Å²) in [5.41, 5.74) is 0. The molecule has 0 radical (unpaired) electrons. The van der Waals surface area contributed by atoms with Gasteiger partial charge < -0.3 is 19.5 Å². The summed E-state index contributed by atoms with van der Waals surface area (Å²) in [6.07, 6.45) is -0.489.